The summed E-state index contributed by atoms with van der Waals surface area (Å²) in [6.45, 7) is 4.43. The van der Waals surface area contributed by atoms with Gasteiger partial charge in [-0.05, 0) is 12.1 Å². The number of carbonyl (C=O) groups excluding carboxylic acids is 1. The maximum absolute atomic E-state index is 12.5. The number of thiophene rings is 1. The first kappa shape index (κ1) is 17.2. The first-order chi connectivity index (χ1) is 11.0. The monoisotopic (exact) mass is 350 g/mol. The van der Waals surface area contributed by atoms with Gasteiger partial charge >= 0.3 is 0 Å². The van der Waals surface area contributed by atoms with Crippen molar-refractivity contribution in [3.8, 4) is 0 Å². The molecule has 0 saturated carbocycles. The molecule has 2 rings (SSSR count). The van der Waals surface area contributed by atoms with Gasteiger partial charge in [0.05, 0.1) is 22.2 Å². The van der Waals surface area contributed by atoms with Crippen LogP contribution in [-0.2, 0) is 17.8 Å². The highest BCUT2D eigenvalue weighted by Gasteiger charge is 2.19. The Balaban J connectivity index is 2.15. The summed E-state index contributed by atoms with van der Waals surface area (Å²) in [4.78, 5) is 25.6. The maximum Gasteiger partial charge on any atom is 0.273 e. The van der Waals surface area contributed by atoms with Gasteiger partial charge in [-0.1, -0.05) is 35.9 Å². The molecule has 2 aromatic rings. The molecule has 0 unspecified atom stereocenters. The molecule has 0 bridgehead atoms. The predicted molar refractivity (Wildman–Crippen MR) is 91.7 cm³/mol. The normalized spacial score (nSPS) is 10.3. The van der Waals surface area contributed by atoms with Gasteiger partial charge in [-0.25, -0.2) is 0 Å². The molecule has 5 nitrogen and oxygen atoms in total. The van der Waals surface area contributed by atoms with Crippen molar-refractivity contribution in [2.24, 2.45) is 0 Å². The van der Waals surface area contributed by atoms with Crippen LogP contribution in [0.15, 0.2) is 49.1 Å². The third kappa shape index (κ3) is 4.64. The van der Waals surface area contributed by atoms with Crippen molar-refractivity contribution >= 4 is 34.5 Å². The summed E-state index contributed by atoms with van der Waals surface area (Å²) in [5, 5.41) is 11.0. The van der Waals surface area contributed by atoms with Crippen LogP contribution in [0.4, 0.5) is 5.69 Å². The highest BCUT2D eigenvalue weighted by atomic mass is 35.5. The number of amides is 1. The minimum Gasteiger partial charge on any atom is -0.334 e. The van der Waals surface area contributed by atoms with Gasteiger partial charge in [0.1, 0.15) is 0 Å². The zero-order chi connectivity index (χ0) is 16.8. The Morgan fingerprint density at radius 2 is 2.09 bits per heavy atom. The Kier molecular flexibility index (Phi) is 5.90. The van der Waals surface area contributed by atoms with Gasteiger partial charge in [-0.15, -0.1) is 17.9 Å². The molecule has 0 radical (unpaired) electrons. The third-order valence-corrected chi connectivity index (χ3v) is 4.42. The number of halogens is 1. The lowest BCUT2D eigenvalue weighted by Gasteiger charge is -2.20. The van der Waals surface area contributed by atoms with Crippen LogP contribution < -0.4 is 0 Å². The average Bonchev–Trinajstić information content (AvgIpc) is 2.92. The van der Waals surface area contributed by atoms with Crippen molar-refractivity contribution in [3.05, 3.63) is 73.9 Å². The fourth-order valence-corrected chi connectivity index (χ4v) is 3.25. The molecule has 0 atom stereocenters. The number of para-hydroxylation sites is 1. The average molecular weight is 351 g/mol. The molecule has 1 heterocycles. The van der Waals surface area contributed by atoms with Crippen molar-refractivity contribution in [3.63, 3.8) is 0 Å². The lowest BCUT2D eigenvalue weighted by atomic mass is 10.1. The van der Waals surface area contributed by atoms with Gasteiger partial charge in [0.25, 0.3) is 5.69 Å². The Bertz CT molecular complexity index is 730. The molecule has 1 amide bonds. The highest BCUT2D eigenvalue weighted by Crippen LogP contribution is 2.24. The van der Waals surface area contributed by atoms with E-state index in [9.17, 15) is 14.9 Å². The number of carbonyl (C=O) groups is 1. The van der Waals surface area contributed by atoms with Crippen molar-refractivity contribution < 1.29 is 9.72 Å². The van der Waals surface area contributed by atoms with E-state index in [0.717, 1.165) is 4.88 Å². The van der Waals surface area contributed by atoms with Crippen molar-refractivity contribution in [2.45, 2.75) is 13.0 Å². The fraction of sp³-hybridized carbons (Fsp3) is 0.188. The van der Waals surface area contributed by atoms with Crippen molar-refractivity contribution in [1.82, 2.24) is 4.90 Å². The van der Waals surface area contributed by atoms with E-state index in [0.29, 0.717) is 23.0 Å². The summed E-state index contributed by atoms with van der Waals surface area (Å²) in [5.41, 5.74) is 0.361. The van der Waals surface area contributed by atoms with Gasteiger partial charge < -0.3 is 4.90 Å². The molecule has 0 saturated heterocycles. The van der Waals surface area contributed by atoms with Crippen LogP contribution in [0.2, 0.25) is 4.34 Å². The number of nitrogens with zero attached hydrogens (tertiary/aromatic N) is 2. The molecule has 0 aliphatic heterocycles. The SMILES string of the molecule is C=CCN(Cc1ccc(Cl)s1)C(=O)Cc1ccccc1[N+](=O)[O-]. The standard InChI is InChI=1S/C16H15ClN2O3S/c1-2-9-18(11-13-7-8-15(17)23-13)16(20)10-12-5-3-4-6-14(12)19(21)22/h2-8H,1,9-11H2. The van der Waals surface area contributed by atoms with Crippen LogP contribution >= 0.6 is 22.9 Å². The first-order valence-electron chi connectivity index (χ1n) is 6.86. The highest BCUT2D eigenvalue weighted by molar-refractivity contribution is 7.16. The molecule has 0 fully saturated rings. The van der Waals surface area contributed by atoms with Gasteiger partial charge in [0, 0.05) is 23.1 Å². The first-order valence-corrected chi connectivity index (χ1v) is 8.06. The molecule has 1 aromatic heterocycles. The van der Waals surface area contributed by atoms with E-state index < -0.39 is 4.92 Å². The molecule has 0 aliphatic carbocycles. The molecule has 120 valence electrons. The van der Waals surface area contributed by atoms with Crippen LogP contribution in [0.3, 0.4) is 0 Å². The Labute approximate surface area is 143 Å². The summed E-state index contributed by atoms with van der Waals surface area (Å²) < 4.78 is 0.657. The summed E-state index contributed by atoms with van der Waals surface area (Å²) >= 11 is 7.31. The maximum atomic E-state index is 12.5. The van der Waals surface area contributed by atoms with E-state index in [2.05, 4.69) is 6.58 Å². The zero-order valence-corrected chi connectivity index (χ0v) is 13.8. The molecular weight excluding hydrogens is 336 g/mol. The second kappa shape index (κ2) is 7.89. The summed E-state index contributed by atoms with van der Waals surface area (Å²) in [7, 11) is 0. The van der Waals surface area contributed by atoms with Crippen LogP contribution in [0.5, 0.6) is 0 Å². The molecule has 7 heteroatoms. The van der Waals surface area contributed by atoms with E-state index >= 15 is 0 Å². The number of hydrogen-bond acceptors (Lipinski definition) is 4. The number of nitro benzene ring substituents is 1. The molecule has 1 aromatic carbocycles. The topological polar surface area (TPSA) is 63.5 Å². The van der Waals surface area contributed by atoms with E-state index in [1.54, 1.807) is 35.2 Å². The second-order valence-electron chi connectivity index (χ2n) is 4.83. The lowest BCUT2D eigenvalue weighted by Crippen LogP contribution is -2.31. The summed E-state index contributed by atoms with van der Waals surface area (Å²) in [6, 6.07) is 9.92. The molecule has 0 N–H and O–H groups in total. The van der Waals surface area contributed by atoms with E-state index in [-0.39, 0.29) is 18.0 Å². The largest absolute Gasteiger partial charge is 0.334 e. The van der Waals surface area contributed by atoms with Gasteiger partial charge in [0.2, 0.25) is 5.91 Å². The number of benzene rings is 1. The van der Waals surface area contributed by atoms with Crippen LogP contribution in [0, 0.1) is 10.1 Å². The summed E-state index contributed by atoms with van der Waals surface area (Å²) in [6.07, 6.45) is 1.61. The van der Waals surface area contributed by atoms with Gasteiger partial charge in [0.15, 0.2) is 0 Å². The van der Waals surface area contributed by atoms with Crippen molar-refractivity contribution in [2.75, 3.05) is 6.54 Å². The van der Waals surface area contributed by atoms with Crippen LogP contribution in [0.25, 0.3) is 0 Å². The van der Waals surface area contributed by atoms with Gasteiger partial charge in [-0.2, -0.15) is 0 Å². The number of hydrogen-bond donors (Lipinski definition) is 0. The molecular formula is C16H15ClN2O3S. The fourth-order valence-electron chi connectivity index (χ4n) is 2.15. The van der Waals surface area contributed by atoms with Crippen LogP contribution in [0.1, 0.15) is 10.4 Å². The Hall–Kier alpha value is -2.18. The molecule has 23 heavy (non-hydrogen) atoms. The minimum atomic E-state index is -0.473. The number of rotatable bonds is 7. The number of nitro groups is 1. The zero-order valence-electron chi connectivity index (χ0n) is 12.3. The van der Waals surface area contributed by atoms with Gasteiger partial charge in [-0.3, -0.25) is 14.9 Å². The Morgan fingerprint density at radius 3 is 2.70 bits per heavy atom. The third-order valence-electron chi connectivity index (χ3n) is 3.21. The van der Waals surface area contributed by atoms with Crippen molar-refractivity contribution in [1.29, 1.82) is 0 Å². The van der Waals surface area contributed by atoms with E-state index in [4.69, 9.17) is 11.6 Å². The minimum absolute atomic E-state index is 0.0237. The molecule has 0 aliphatic rings. The predicted octanol–water partition coefficient (Wildman–Crippen LogP) is 4.07. The van der Waals surface area contributed by atoms with Crippen LogP contribution in [-0.4, -0.2) is 22.3 Å². The quantitative estimate of drug-likeness (QED) is 0.429. The van der Waals surface area contributed by atoms with E-state index in [1.807, 2.05) is 6.07 Å². The second-order valence-corrected chi connectivity index (χ2v) is 6.63. The summed E-state index contributed by atoms with van der Waals surface area (Å²) in [5.74, 6) is -0.191. The molecule has 0 spiro atoms. The Morgan fingerprint density at radius 1 is 1.35 bits per heavy atom. The lowest BCUT2D eigenvalue weighted by molar-refractivity contribution is -0.385. The van der Waals surface area contributed by atoms with E-state index in [1.165, 1.54) is 17.4 Å². The smallest absolute Gasteiger partial charge is 0.273 e.